The molecule has 4 heteroatoms. The normalized spacial score (nSPS) is 46.1. The Bertz CT molecular complexity index is 681. The summed E-state index contributed by atoms with van der Waals surface area (Å²) in [5, 5.41) is 0.172. The van der Waals surface area contributed by atoms with Gasteiger partial charge in [0, 0.05) is 35.8 Å². The van der Waals surface area contributed by atoms with Gasteiger partial charge in [0.25, 0.3) is 0 Å². The van der Waals surface area contributed by atoms with Gasteiger partial charge >= 0.3 is 0 Å². The molecule has 0 radical (unpaired) electrons. The Balaban J connectivity index is 1.73. The molecular weight excluding hydrogens is 332 g/mol. The summed E-state index contributed by atoms with van der Waals surface area (Å²) in [4.78, 5) is 36.6. The average Bonchev–Trinajstić information content (AvgIpc) is 2.84. The lowest BCUT2D eigenvalue weighted by Crippen LogP contribution is -2.54. The molecule has 6 atom stereocenters. The third-order valence-corrected chi connectivity index (χ3v) is 9.33. The Labute approximate surface area is 154 Å². The summed E-state index contributed by atoms with van der Waals surface area (Å²) >= 11 is 1.38. The van der Waals surface area contributed by atoms with Gasteiger partial charge in [-0.2, -0.15) is 0 Å². The zero-order valence-electron chi connectivity index (χ0n) is 15.5. The van der Waals surface area contributed by atoms with E-state index < -0.39 is 0 Å². The van der Waals surface area contributed by atoms with Crippen molar-refractivity contribution >= 4 is 28.4 Å². The van der Waals surface area contributed by atoms with Crippen LogP contribution in [0, 0.1) is 28.6 Å². The van der Waals surface area contributed by atoms with E-state index in [1.165, 1.54) is 17.3 Å². The van der Waals surface area contributed by atoms with Crippen LogP contribution in [-0.4, -0.2) is 21.9 Å². The summed E-state index contributed by atoms with van der Waals surface area (Å²) in [7, 11) is 0. The van der Waals surface area contributed by atoms with Gasteiger partial charge in [0.2, 0.25) is 0 Å². The van der Waals surface area contributed by atoms with Crippen LogP contribution in [0.3, 0.4) is 0 Å². The largest absolute Gasteiger partial charge is 0.299 e. The van der Waals surface area contributed by atoms with E-state index in [4.69, 9.17) is 0 Å². The maximum Gasteiger partial charge on any atom is 0.186 e. The predicted octanol–water partition coefficient (Wildman–Crippen LogP) is 4.35. The topological polar surface area (TPSA) is 51.2 Å². The minimum absolute atomic E-state index is 0.0618. The third kappa shape index (κ3) is 2.43. The molecule has 0 aromatic rings. The maximum atomic E-state index is 12.5. The monoisotopic (exact) mass is 360 g/mol. The van der Waals surface area contributed by atoms with Crippen LogP contribution < -0.4 is 0 Å². The molecule has 0 aliphatic heterocycles. The fraction of sp³-hybridized carbons (Fsp3) is 0.762. The fourth-order valence-corrected chi connectivity index (χ4v) is 7.94. The second-order valence-electron chi connectivity index (χ2n) is 9.05. The molecule has 0 aromatic heterocycles. The highest BCUT2D eigenvalue weighted by Gasteiger charge is 2.61. The SMILES string of the molecule is CC(=O)S[C@H]1CC(=O)C=C2CCC3C(CC[C@]4(C)C(=O)CCC34)[C@]21C. The maximum absolute atomic E-state index is 12.5. The zero-order chi connectivity index (χ0) is 18.0. The summed E-state index contributed by atoms with van der Waals surface area (Å²) in [5.41, 5.74) is 1.09. The van der Waals surface area contributed by atoms with Gasteiger partial charge < -0.3 is 0 Å². The third-order valence-electron chi connectivity index (χ3n) is 8.05. The van der Waals surface area contributed by atoms with Crippen molar-refractivity contribution in [1.82, 2.24) is 0 Å². The highest BCUT2D eigenvalue weighted by molar-refractivity contribution is 8.14. The number of fused-ring (bicyclic) bond motifs is 5. The van der Waals surface area contributed by atoms with Crippen LogP contribution in [0.15, 0.2) is 11.6 Å². The molecule has 0 aromatic carbocycles. The first-order valence-electron chi connectivity index (χ1n) is 9.71. The highest BCUT2D eigenvalue weighted by Crippen LogP contribution is 2.65. The molecule has 0 spiro atoms. The van der Waals surface area contributed by atoms with Gasteiger partial charge in [0.15, 0.2) is 10.9 Å². The number of ketones is 2. The molecule has 4 aliphatic carbocycles. The quantitative estimate of drug-likeness (QED) is 0.698. The molecule has 4 aliphatic rings. The summed E-state index contributed by atoms with van der Waals surface area (Å²) in [6.07, 6.45) is 8.24. The van der Waals surface area contributed by atoms with Crippen molar-refractivity contribution in [2.45, 2.75) is 71.0 Å². The van der Waals surface area contributed by atoms with Crippen molar-refractivity contribution < 1.29 is 14.4 Å². The van der Waals surface area contributed by atoms with Crippen molar-refractivity contribution in [3.8, 4) is 0 Å². The van der Waals surface area contributed by atoms with E-state index in [0.717, 1.165) is 38.5 Å². The van der Waals surface area contributed by atoms with Gasteiger partial charge in [0.1, 0.15) is 5.78 Å². The highest BCUT2D eigenvalue weighted by atomic mass is 32.2. The van der Waals surface area contributed by atoms with Crippen LogP contribution in [0.25, 0.3) is 0 Å². The van der Waals surface area contributed by atoms with E-state index >= 15 is 0 Å². The smallest absolute Gasteiger partial charge is 0.186 e. The van der Waals surface area contributed by atoms with Gasteiger partial charge in [-0.05, 0) is 55.9 Å². The second-order valence-corrected chi connectivity index (χ2v) is 10.4. The summed E-state index contributed by atoms with van der Waals surface area (Å²) in [6, 6.07) is 0. The molecule has 0 bridgehead atoms. The van der Waals surface area contributed by atoms with E-state index in [-0.39, 0.29) is 27.0 Å². The van der Waals surface area contributed by atoms with E-state index in [1.54, 1.807) is 6.92 Å². The number of hydrogen-bond donors (Lipinski definition) is 0. The Kier molecular flexibility index (Phi) is 4.06. The first kappa shape index (κ1) is 17.5. The van der Waals surface area contributed by atoms with Gasteiger partial charge in [-0.1, -0.05) is 31.2 Å². The molecule has 0 amide bonds. The minimum atomic E-state index is -0.119. The van der Waals surface area contributed by atoms with Crippen molar-refractivity contribution in [2.75, 3.05) is 0 Å². The molecule has 3 unspecified atom stereocenters. The van der Waals surface area contributed by atoms with Crippen LogP contribution in [0.2, 0.25) is 0 Å². The lowest BCUT2D eigenvalue weighted by molar-refractivity contribution is -0.132. The number of Topliss-reactive ketones (excluding diaryl/α,β-unsaturated/α-hetero) is 1. The fourth-order valence-electron chi connectivity index (χ4n) is 6.72. The van der Waals surface area contributed by atoms with Gasteiger partial charge in [-0.15, -0.1) is 0 Å². The Morgan fingerprint density at radius 2 is 1.88 bits per heavy atom. The number of thioether (sulfide) groups is 1. The molecule has 4 rings (SSSR count). The minimum Gasteiger partial charge on any atom is -0.299 e. The first-order chi connectivity index (χ1) is 11.8. The van der Waals surface area contributed by atoms with Crippen LogP contribution in [0.4, 0.5) is 0 Å². The van der Waals surface area contributed by atoms with Crippen LogP contribution in [0.1, 0.15) is 65.7 Å². The van der Waals surface area contributed by atoms with E-state index in [9.17, 15) is 14.4 Å². The summed E-state index contributed by atoms with van der Waals surface area (Å²) in [6.45, 7) is 6.12. The first-order valence-corrected chi connectivity index (χ1v) is 10.6. The van der Waals surface area contributed by atoms with Crippen molar-refractivity contribution in [3.63, 3.8) is 0 Å². The van der Waals surface area contributed by atoms with Gasteiger partial charge in [-0.25, -0.2) is 0 Å². The number of hydrogen-bond acceptors (Lipinski definition) is 4. The molecule has 3 nitrogen and oxygen atoms in total. The molecule has 136 valence electrons. The Morgan fingerprint density at radius 3 is 2.60 bits per heavy atom. The molecule has 0 heterocycles. The predicted molar refractivity (Wildman–Crippen MR) is 99.2 cm³/mol. The molecule has 0 saturated heterocycles. The van der Waals surface area contributed by atoms with E-state index in [1.807, 2.05) is 6.08 Å². The van der Waals surface area contributed by atoms with Crippen LogP contribution in [-0.2, 0) is 14.4 Å². The standard InChI is InChI=1S/C21H28O3S/c1-12(22)25-19-11-14(23)10-13-4-5-15-16-6-7-18(24)20(16,2)9-8-17(15)21(13,19)3/h10,15-17,19H,4-9,11H2,1-3H3/t15?,16?,17?,19-,20-,21-/m0/s1. The lowest BCUT2D eigenvalue weighted by Gasteiger charge is -2.58. The Hall–Kier alpha value is -0.900. The average molecular weight is 361 g/mol. The number of rotatable bonds is 1. The second kappa shape index (κ2) is 5.80. The Morgan fingerprint density at radius 1 is 1.12 bits per heavy atom. The lowest BCUT2D eigenvalue weighted by atomic mass is 9.47. The number of carbonyl (C=O) groups excluding carboxylic acids is 3. The molecule has 3 saturated carbocycles. The number of allylic oxidation sites excluding steroid dienone is 1. The molecule has 25 heavy (non-hydrogen) atoms. The molecular formula is C21H28O3S. The van der Waals surface area contributed by atoms with Gasteiger partial charge in [0.05, 0.1) is 0 Å². The zero-order valence-corrected chi connectivity index (χ0v) is 16.3. The van der Waals surface area contributed by atoms with Crippen LogP contribution >= 0.6 is 11.8 Å². The van der Waals surface area contributed by atoms with Crippen molar-refractivity contribution in [1.29, 1.82) is 0 Å². The molecule has 0 N–H and O–H groups in total. The summed E-state index contributed by atoms with van der Waals surface area (Å²) < 4.78 is 0. The van der Waals surface area contributed by atoms with E-state index in [2.05, 4.69) is 13.8 Å². The number of carbonyl (C=O) groups is 3. The van der Waals surface area contributed by atoms with E-state index in [0.29, 0.717) is 30.0 Å². The summed E-state index contributed by atoms with van der Waals surface area (Å²) in [5.74, 6) is 2.21. The van der Waals surface area contributed by atoms with Gasteiger partial charge in [-0.3, -0.25) is 14.4 Å². The van der Waals surface area contributed by atoms with Crippen LogP contribution in [0.5, 0.6) is 0 Å². The molecule has 3 fully saturated rings. The van der Waals surface area contributed by atoms with Crippen molar-refractivity contribution in [2.24, 2.45) is 28.6 Å². The van der Waals surface area contributed by atoms with Crippen molar-refractivity contribution in [3.05, 3.63) is 11.6 Å².